The number of nitrogens with one attached hydrogen (secondary N) is 2. The molecule has 1 saturated heterocycles. The van der Waals surface area contributed by atoms with E-state index in [1.165, 1.54) is 13.2 Å². The Bertz CT molecular complexity index is 1220. The van der Waals surface area contributed by atoms with Crippen molar-refractivity contribution in [3.05, 3.63) is 59.4 Å². The molecule has 10 heteroatoms. The van der Waals surface area contributed by atoms with Crippen molar-refractivity contribution < 1.29 is 28.6 Å². The van der Waals surface area contributed by atoms with Crippen LogP contribution < -0.4 is 16.4 Å². The van der Waals surface area contributed by atoms with Gasteiger partial charge in [-0.05, 0) is 68.7 Å². The topological polar surface area (TPSA) is 134 Å². The lowest BCUT2D eigenvalue weighted by molar-refractivity contribution is -0.140. The van der Waals surface area contributed by atoms with Crippen molar-refractivity contribution in [2.45, 2.75) is 70.6 Å². The molecule has 3 amide bonds. The molecule has 0 aromatic heterocycles. The summed E-state index contributed by atoms with van der Waals surface area (Å²) in [7, 11) is 1.28. The fourth-order valence-electron chi connectivity index (χ4n) is 5.55. The minimum atomic E-state index is -1.52. The number of aryl methyl sites for hydroxylation is 1. The van der Waals surface area contributed by atoms with Crippen molar-refractivity contribution in [3.63, 3.8) is 0 Å². The van der Waals surface area contributed by atoms with Crippen LogP contribution in [0.2, 0.25) is 0 Å². The SMILES string of the molecule is CCc1cccc(-c2c(F)cccc2[C@](O)(CCCNC(=O)OC)[C@@H]2CCCN(C(=O)[C@H](C)NC(=O)[C@H](C)N)C2)c1. The summed E-state index contributed by atoms with van der Waals surface area (Å²) in [6.07, 6.45) is 2.04. The first kappa shape index (κ1) is 32.0. The summed E-state index contributed by atoms with van der Waals surface area (Å²) in [4.78, 5) is 38.7. The van der Waals surface area contributed by atoms with E-state index in [0.29, 0.717) is 42.5 Å². The Labute approximate surface area is 241 Å². The normalized spacial score (nSPS) is 18.1. The van der Waals surface area contributed by atoms with Gasteiger partial charge in [-0.3, -0.25) is 9.59 Å². The van der Waals surface area contributed by atoms with Crippen molar-refractivity contribution in [3.8, 4) is 11.1 Å². The van der Waals surface area contributed by atoms with E-state index in [2.05, 4.69) is 15.4 Å². The van der Waals surface area contributed by atoms with Crippen LogP contribution in [0.5, 0.6) is 0 Å². The van der Waals surface area contributed by atoms with E-state index < -0.39 is 41.4 Å². The molecule has 1 aliphatic rings. The van der Waals surface area contributed by atoms with Crippen molar-refractivity contribution in [1.29, 1.82) is 0 Å². The van der Waals surface area contributed by atoms with E-state index in [4.69, 9.17) is 5.73 Å². The highest BCUT2D eigenvalue weighted by Crippen LogP contribution is 2.44. The highest BCUT2D eigenvalue weighted by atomic mass is 19.1. The van der Waals surface area contributed by atoms with Crippen LogP contribution in [-0.2, 0) is 26.3 Å². The van der Waals surface area contributed by atoms with E-state index in [0.717, 1.165) is 12.0 Å². The van der Waals surface area contributed by atoms with Crippen LogP contribution in [0.3, 0.4) is 0 Å². The van der Waals surface area contributed by atoms with Gasteiger partial charge < -0.3 is 31.1 Å². The van der Waals surface area contributed by atoms with Crippen molar-refractivity contribution in [1.82, 2.24) is 15.5 Å². The molecule has 2 aromatic carbocycles. The van der Waals surface area contributed by atoms with Gasteiger partial charge in [0.25, 0.3) is 0 Å². The number of alkyl carbamates (subject to hydrolysis) is 1. The summed E-state index contributed by atoms with van der Waals surface area (Å²) in [6, 6.07) is 10.8. The summed E-state index contributed by atoms with van der Waals surface area (Å²) in [6.45, 7) is 6.14. The number of benzene rings is 2. The lowest BCUT2D eigenvalue weighted by Crippen LogP contribution is -2.54. The number of ether oxygens (including phenoxy) is 1. The molecule has 0 saturated carbocycles. The quantitative estimate of drug-likeness (QED) is 0.306. The number of nitrogens with two attached hydrogens (primary N) is 1. The largest absolute Gasteiger partial charge is 0.453 e. The third-order valence-corrected chi connectivity index (χ3v) is 7.84. The van der Waals surface area contributed by atoms with Crippen LogP contribution in [0.25, 0.3) is 11.1 Å². The molecule has 1 fully saturated rings. The first-order valence-corrected chi connectivity index (χ1v) is 14.3. The Hall–Kier alpha value is -3.50. The number of likely N-dealkylation sites (tertiary alicyclic amines) is 1. The van der Waals surface area contributed by atoms with E-state index in [1.54, 1.807) is 30.9 Å². The van der Waals surface area contributed by atoms with Crippen molar-refractivity contribution in [2.75, 3.05) is 26.7 Å². The zero-order valence-electron chi connectivity index (χ0n) is 24.4. The molecular weight excluding hydrogens is 527 g/mol. The van der Waals surface area contributed by atoms with Crippen LogP contribution in [0.1, 0.15) is 57.6 Å². The lowest BCUT2D eigenvalue weighted by Gasteiger charge is -2.44. The van der Waals surface area contributed by atoms with Crippen LogP contribution in [0.15, 0.2) is 42.5 Å². The second kappa shape index (κ2) is 14.4. The molecule has 0 bridgehead atoms. The number of nitrogens with zero attached hydrogens (tertiary/aromatic N) is 1. The standard InChI is InChI=1S/C31H43FN4O5/c1-5-22-10-6-11-23(18-22)27-25(13-7-14-26(27)32)31(40,15-9-16-34-30(39)41-4)24-12-8-17-36(19-24)29(38)21(3)35-28(37)20(2)33/h6-7,10-11,13-14,18,20-21,24,40H,5,8-9,12,15-17,19,33H2,1-4H3,(H,34,39)(H,35,37)/t20-,21-,24+,31-/m0/s1. The molecule has 0 spiro atoms. The van der Waals surface area contributed by atoms with Gasteiger partial charge in [-0.15, -0.1) is 0 Å². The van der Waals surface area contributed by atoms with E-state index in [-0.39, 0.29) is 25.4 Å². The minimum absolute atomic E-state index is 0.213. The van der Waals surface area contributed by atoms with Gasteiger partial charge in [-0.25, -0.2) is 9.18 Å². The van der Waals surface area contributed by atoms with Gasteiger partial charge in [0, 0.05) is 31.1 Å². The number of halogens is 1. The van der Waals surface area contributed by atoms with Gasteiger partial charge in [0.15, 0.2) is 0 Å². The zero-order chi connectivity index (χ0) is 30.2. The maximum Gasteiger partial charge on any atom is 0.406 e. The van der Waals surface area contributed by atoms with Gasteiger partial charge in [0.2, 0.25) is 11.8 Å². The number of amides is 3. The Morgan fingerprint density at radius 1 is 1.22 bits per heavy atom. The molecule has 1 heterocycles. The molecule has 0 aliphatic carbocycles. The fourth-order valence-corrected chi connectivity index (χ4v) is 5.55. The third kappa shape index (κ3) is 7.83. The number of carbonyl (C=O) groups excluding carboxylic acids is 3. The molecule has 224 valence electrons. The summed E-state index contributed by atoms with van der Waals surface area (Å²) in [5.74, 6) is -1.57. The van der Waals surface area contributed by atoms with Crippen LogP contribution in [0, 0.1) is 11.7 Å². The molecule has 5 N–H and O–H groups in total. The summed E-state index contributed by atoms with van der Waals surface area (Å²) in [5, 5.41) is 17.8. The number of hydrogen-bond acceptors (Lipinski definition) is 6. The molecule has 2 aromatic rings. The maximum atomic E-state index is 15.6. The van der Waals surface area contributed by atoms with Gasteiger partial charge >= 0.3 is 6.09 Å². The predicted octanol–water partition coefficient (Wildman–Crippen LogP) is 3.47. The number of hydrogen-bond donors (Lipinski definition) is 4. The Kier molecular flexibility index (Phi) is 11.3. The Balaban J connectivity index is 1.99. The van der Waals surface area contributed by atoms with E-state index in [1.807, 2.05) is 31.2 Å². The molecule has 4 atom stereocenters. The van der Waals surface area contributed by atoms with Crippen molar-refractivity contribution >= 4 is 17.9 Å². The van der Waals surface area contributed by atoms with E-state index in [9.17, 15) is 19.5 Å². The minimum Gasteiger partial charge on any atom is -0.453 e. The molecule has 9 nitrogen and oxygen atoms in total. The van der Waals surface area contributed by atoms with Crippen LogP contribution >= 0.6 is 0 Å². The maximum absolute atomic E-state index is 15.6. The monoisotopic (exact) mass is 570 g/mol. The van der Waals surface area contributed by atoms with Gasteiger partial charge in [0.05, 0.1) is 18.8 Å². The van der Waals surface area contributed by atoms with Gasteiger partial charge in [-0.2, -0.15) is 0 Å². The molecule has 41 heavy (non-hydrogen) atoms. The summed E-state index contributed by atoms with van der Waals surface area (Å²) < 4.78 is 20.3. The highest BCUT2D eigenvalue weighted by molar-refractivity contribution is 5.89. The van der Waals surface area contributed by atoms with Crippen LogP contribution in [-0.4, -0.2) is 66.7 Å². The Morgan fingerprint density at radius 2 is 1.95 bits per heavy atom. The number of methoxy groups -OCH3 is 1. The number of carbonyl (C=O) groups is 3. The lowest BCUT2D eigenvalue weighted by atomic mass is 9.72. The summed E-state index contributed by atoms with van der Waals surface area (Å²) >= 11 is 0. The first-order chi connectivity index (χ1) is 19.5. The molecule has 0 radical (unpaired) electrons. The average molecular weight is 571 g/mol. The number of piperidine rings is 1. The second-order valence-corrected chi connectivity index (χ2v) is 10.8. The van der Waals surface area contributed by atoms with E-state index >= 15 is 4.39 Å². The summed E-state index contributed by atoms with van der Waals surface area (Å²) in [5.41, 5.74) is 6.61. The molecule has 1 aliphatic heterocycles. The smallest absolute Gasteiger partial charge is 0.406 e. The zero-order valence-corrected chi connectivity index (χ0v) is 24.4. The third-order valence-electron chi connectivity index (χ3n) is 7.84. The average Bonchev–Trinajstić information content (AvgIpc) is 2.98. The first-order valence-electron chi connectivity index (χ1n) is 14.3. The highest BCUT2D eigenvalue weighted by Gasteiger charge is 2.43. The van der Waals surface area contributed by atoms with Gasteiger partial charge in [0.1, 0.15) is 11.9 Å². The van der Waals surface area contributed by atoms with Gasteiger partial charge in [-0.1, -0.05) is 43.3 Å². The fraction of sp³-hybridized carbons (Fsp3) is 0.516. The Morgan fingerprint density at radius 3 is 2.63 bits per heavy atom. The molecule has 3 rings (SSSR count). The molecular formula is C31H43FN4O5. The number of rotatable bonds is 11. The molecule has 0 unspecified atom stereocenters. The number of aliphatic hydroxyl groups is 1. The predicted molar refractivity (Wildman–Crippen MR) is 155 cm³/mol. The second-order valence-electron chi connectivity index (χ2n) is 10.8. The van der Waals surface area contributed by atoms with Crippen LogP contribution in [0.4, 0.5) is 9.18 Å². The van der Waals surface area contributed by atoms with Crippen molar-refractivity contribution in [2.24, 2.45) is 11.7 Å².